The van der Waals surface area contributed by atoms with Gasteiger partial charge in [-0.1, -0.05) is 17.3 Å². The highest BCUT2D eigenvalue weighted by atomic mass is 19.1. The summed E-state index contributed by atoms with van der Waals surface area (Å²) in [6.45, 7) is 0.153. The zero-order valence-corrected chi connectivity index (χ0v) is 7.20. The average molecular weight is 183 g/mol. The first-order valence-corrected chi connectivity index (χ1v) is 3.73. The van der Waals surface area contributed by atoms with Gasteiger partial charge in [-0.15, -0.1) is 0 Å². The lowest BCUT2D eigenvalue weighted by Crippen LogP contribution is -2.08. The van der Waals surface area contributed by atoms with E-state index in [0.717, 1.165) is 0 Å². The molecule has 0 heterocycles. The van der Waals surface area contributed by atoms with Gasteiger partial charge in [-0.3, -0.25) is 0 Å². The molecule has 0 aliphatic carbocycles. The van der Waals surface area contributed by atoms with Gasteiger partial charge in [0.25, 0.3) is 0 Å². The Morgan fingerprint density at radius 1 is 1.62 bits per heavy atom. The smallest absolute Gasteiger partial charge is 0.123 e. The van der Waals surface area contributed by atoms with E-state index in [4.69, 9.17) is 9.94 Å². The lowest BCUT2D eigenvalue weighted by atomic mass is 10.1. The number of halogens is 1. The molecule has 0 amide bonds. The van der Waals surface area contributed by atoms with Crippen molar-refractivity contribution in [3.63, 3.8) is 0 Å². The molecule has 1 N–H and O–H groups in total. The zero-order valence-electron chi connectivity index (χ0n) is 7.20. The zero-order chi connectivity index (χ0) is 9.68. The number of nitrogens with zero attached hydrogens (tertiary/aromatic N) is 1. The van der Waals surface area contributed by atoms with Crippen molar-refractivity contribution in [2.24, 2.45) is 5.16 Å². The number of oxime groups is 1. The molecule has 70 valence electrons. The summed E-state index contributed by atoms with van der Waals surface area (Å²) in [5, 5.41) is 11.6. The molecule has 0 saturated carbocycles. The van der Waals surface area contributed by atoms with Gasteiger partial charge in [0.15, 0.2) is 0 Å². The Morgan fingerprint density at radius 3 is 2.92 bits per heavy atom. The van der Waals surface area contributed by atoms with Gasteiger partial charge >= 0.3 is 0 Å². The van der Waals surface area contributed by atoms with Crippen molar-refractivity contribution in [2.75, 3.05) is 13.7 Å². The van der Waals surface area contributed by atoms with Crippen LogP contribution in [0.2, 0.25) is 0 Å². The highest BCUT2D eigenvalue weighted by Crippen LogP contribution is 2.05. The Bertz CT molecular complexity index is 312. The first-order valence-electron chi connectivity index (χ1n) is 3.73. The van der Waals surface area contributed by atoms with Gasteiger partial charge in [0, 0.05) is 12.7 Å². The number of ether oxygens (including phenoxy) is 1. The molecule has 1 aromatic rings. The predicted octanol–water partition coefficient (Wildman–Crippen LogP) is 1.65. The van der Waals surface area contributed by atoms with Crippen LogP contribution in [0.1, 0.15) is 5.56 Å². The number of hydrogen-bond acceptors (Lipinski definition) is 3. The number of hydrogen-bond donors (Lipinski definition) is 1. The molecule has 0 aliphatic heterocycles. The molecule has 0 aliphatic rings. The van der Waals surface area contributed by atoms with Crippen molar-refractivity contribution in [1.82, 2.24) is 0 Å². The summed E-state index contributed by atoms with van der Waals surface area (Å²) in [5.41, 5.74) is 0.825. The summed E-state index contributed by atoms with van der Waals surface area (Å²) >= 11 is 0. The molecular weight excluding hydrogens is 173 g/mol. The Kier molecular flexibility index (Phi) is 3.40. The van der Waals surface area contributed by atoms with Crippen LogP contribution < -0.4 is 0 Å². The number of benzene rings is 1. The van der Waals surface area contributed by atoms with Crippen molar-refractivity contribution < 1.29 is 14.3 Å². The lowest BCUT2D eigenvalue weighted by Gasteiger charge is -2.02. The van der Waals surface area contributed by atoms with Crippen LogP contribution in [-0.2, 0) is 4.74 Å². The number of rotatable bonds is 3. The molecule has 0 aromatic heterocycles. The van der Waals surface area contributed by atoms with E-state index in [-0.39, 0.29) is 12.4 Å². The Hall–Kier alpha value is -1.42. The second kappa shape index (κ2) is 4.57. The van der Waals surface area contributed by atoms with Gasteiger partial charge in [-0.05, 0) is 12.1 Å². The fraction of sp³-hybridized carbons (Fsp3) is 0.222. The van der Waals surface area contributed by atoms with Crippen LogP contribution in [0, 0.1) is 5.82 Å². The third-order valence-corrected chi connectivity index (χ3v) is 1.56. The van der Waals surface area contributed by atoms with Crippen LogP contribution in [0.25, 0.3) is 0 Å². The van der Waals surface area contributed by atoms with Crippen LogP contribution in [0.15, 0.2) is 29.4 Å². The van der Waals surface area contributed by atoms with Crippen LogP contribution in [-0.4, -0.2) is 24.6 Å². The fourth-order valence-corrected chi connectivity index (χ4v) is 0.975. The van der Waals surface area contributed by atoms with Crippen molar-refractivity contribution in [1.29, 1.82) is 0 Å². The van der Waals surface area contributed by atoms with E-state index < -0.39 is 0 Å². The molecule has 0 fully saturated rings. The van der Waals surface area contributed by atoms with Crippen LogP contribution in [0.5, 0.6) is 0 Å². The van der Waals surface area contributed by atoms with Gasteiger partial charge < -0.3 is 9.94 Å². The second-order valence-corrected chi connectivity index (χ2v) is 2.49. The first kappa shape index (κ1) is 9.67. The highest BCUT2D eigenvalue weighted by molar-refractivity contribution is 6.01. The molecule has 0 bridgehead atoms. The maximum Gasteiger partial charge on any atom is 0.123 e. The fourth-order valence-electron chi connectivity index (χ4n) is 0.975. The molecule has 0 spiro atoms. The van der Waals surface area contributed by atoms with E-state index in [1.54, 1.807) is 12.1 Å². The van der Waals surface area contributed by atoms with E-state index in [1.807, 2.05) is 0 Å². The first-order chi connectivity index (χ1) is 6.27. The molecule has 0 saturated heterocycles. The summed E-state index contributed by atoms with van der Waals surface area (Å²) in [7, 11) is 1.48. The van der Waals surface area contributed by atoms with Crippen molar-refractivity contribution >= 4 is 5.71 Å². The molecule has 0 radical (unpaired) electrons. The van der Waals surface area contributed by atoms with E-state index >= 15 is 0 Å². The quantitative estimate of drug-likeness (QED) is 0.440. The summed E-state index contributed by atoms with van der Waals surface area (Å²) in [4.78, 5) is 0. The summed E-state index contributed by atoms with van der Waals surface area (Å²) in [6, 6.07) is 5.81. The highest BCUT2D eigenvalue weighted by Gasteiger charge is 2.04. The minimum Gasteiger partial charge on any atom is -0.411 e. The SMILES string of the molecule is COC/C(=N\O)c1cccc(F)c1. The Labute approximate surface area is 75.4 Å². The average Bonchev–Trinajstić information content (AvgIpc) is 2.14. The van der Waals surface area contributed by atoms with Crippen LogP contribution >= 0.6 is 0 Å². The molecule has 0 unspecified atom stereocenters. The van der Waals surface area contributed by atoms with E-state index in [9.17, 15) is 4.39 Å². The van der Waals surface area contributed by atoms with Gasteiger partial charge in [-0.2, -0.15) is 0 Å². The topological polar surface area (TPSA) is 41.8 Å². The maximum absolute atomic E-state index is 12.7. The van der Waals surface area contributed by atoms with Gasteiger partial charge in [0.05, 0.1) is 6.61 Å². The molecule has 1 rings (SSSR count). The van der Waals surface area contributed by atoms with Gasteiger partial charge in [0.2, 0.25) is 0 Å². The van der Waals surface area contributed by atoms with E-state index in [2.05, 4.69) is 5.16 Å². The third kappa shape index (κ3) is 2.52. The van der Waals surface area contributed by atoms with Gasteiger partial charge in [-0.25, -0.2) is 4.39 Å². The summed E-state index contributed by atoms with van der Waals surface area (Å²) in [6.07, 6.45) is 0. The van der Waals surface area contributed by atoms with Crippen molar-refractivity contribution in [3.05, 3.63) is 35.6 Å². The lowest BCUT2D eigenvalue weighted by molar-refractivity contribution is 0.238. The molecule has 13 heavy (non-hydrogen) atoms. The minimum absolute atomic E-state index is 0.153. The monoisotopic (exact) mass is 183 g/mol. The van der Waals surface area contributed by atoms with Crippen LogP contribution in [0.3, 0.4) is 0 Å². The molecule has 0 atom stereocenters. The Morgan fingerprint density at radius 2 is 2.38 bits per heavy atom. The normalized spacial score (nSPS) is 11.7. The second-order valence-electron chi connectivity index (χ2n) is 2.49. The van der Waals surface area contributed by atoms with E-state index in [1.165, 1.54) is 19.2 Å². The summed E-state index contributed by atoms with van der Waals surface area (Å²) in [5.74, 6) is -0.366. The largest absolute Gasteiger partial charge is 0.411 e. The van der Waals surface area contributed by atoms with Crippen LogP contribution in [0.4, 0.5) is 4.39 Å². The van der Waals surface area contributed by atoms with Crippen molar-refractivity contribution in [2.45, 2.75) is 0 Å². The molecule has 3 nitrogen and oxygen atoms in total. The van der Waals surface area contributed by atoms with E-state index in [0.29, 0.717) is 11.3 Å². The molecule has 1 aromatic carbocycles. The minimum atomic E-state index is -0.366. The standard InChI is InChI=1S/C9H10FNO2/c1-13-6-9(11-12)7-3-2-4-8(10)5-7/h2-5,12H,6H2,1H3/b11-9+. The summed E-state index contributed by atoms with van der Waals surface area (Å²) < 4.78 is 17.5. The predicted molar refractivity (Wildman–Crippen MR) is 46.6 cm³/mol. The third-order valence-electron chi connectivity index (χ3n) is 1.56. The molecule has 4 heteroatoms. The maximum atomic E-state index is 12.7. The van der Waals surface area contributed by atoms with Gasteiger partial charge in [0.1, 0.15) is 11.5 Å². The number of methoxy groups -OCH3 is 1. The van der Waals surface area contributed by atoms with Crippen molar-refractivity contribution in [3.8, 4) is 0 Å². The Balaban J connectivity index is 2.92. The molecular formula is C9H10FNO2.